The van der Waals surface area contributed by atoms with Crippen molar-refractivity contribution < 1.29 is 9.47 Å². The Bertz CT molecular complexity index is 1110. The predicted octanol–water partition coefficient (Wildman–Crippen LogP) is 4.37. The number of methoxy groups -OCH3 is 2. The van der Waals surface area contributed by atoms with Crippen LogP contribution >= 0.6 is 0 Å². The van der Waals surface area contributed by atoms with Gasteiger partial charge in [-0.3, -0.25) is 0 Å². The van der Waals surface area contributed by atoms with E-state index in [1.807, 2.05) is 30.3 Å². The molecule has 0 spiro atoms. The molecule has 2 aromatic heterocycles. The van der Waals surface area contributed by atoms with Gasteiger partial charge in [0.1, 0.15) is 17.3 Å². The average Bonchev–Trinajstić information content (AvgIpc) is 3.17. The number of aromatic nitrogens is 3. The molecule has 2 heterocycles. The molecule has 0 saturated carbocycles. The lowest BCUT2D eigenvalue weighted by Gasteiger charge is -2.12. The zero-order chi connectivity index (χ0) is 20.1. The van der Waals surface area contributed by atoms with Crippen molar-refractivity contribution in [3.05, 3.63) is 66.5 Å². The van der Waals surface area contributed by atoms with Crippen LogP contribution in [0.2, 0.25) is 0 Å². The number of anilines is 3. The number of hydrogen-bond acceptors (Lipinski definition) is 6. The minimum atomic E-state index is 0.491. The zero-order valence-corrected chi connectivity index (χ0v) is 16.4. The summed E-state index contributed by atoms with van der Waals surface area (Å²) < 4.78 is 10.6. The van der Waals surface area contributed by atoms with E-state index in [1.165, 1.54) is 10.9 Å². The van der Waals surface area contributed by atoms with E-state index in [2.05, 4.69) is 50.0 Å². The molecule has 0 aliphatic carbocycles. The molecule has 7 nitrogen and oxygen atoms in total. The Hall–Kier alpha value is -3.74. The average molecular weight is 389 g/mol. The molecule has 2 aromatic carbocycles. The second kappa shape index (κ2) is 8.52. The van der Waals surface area contributed by atoms with Crippen molar-refractivity contribution >= 4 is 28.4 Å². The van der Waals surface area contributed by atoms with Gasteiger partial charge in [-0.15, -0.1) is 0 Å². The van der Waals surface area contributed by atoms with Crippen LogP contribution in [-0.4, -0.2) is 35.7 Å². The maximum absolute atomic E-state index is 5.42. The second-order valence-corrected chi connectivity index (χ2v) is 6.49. The largest absolute Gasteiger partial charge is 0.497 e. The molecular formula is C22H23N5O2. The van der Waals surface area contributed by atoms with Gasteiger partial charge in [0, 0.05) is 35.9 Å². The summed E-state index contributed by atoms with van der Waals surface area (Å²) in [6.07, 6.45) is 4.68. The fourth-order valence-corrected chi connectivity index (χ4v) is 3.20. The first-order chi connectivity index (χ1) is 14.3. The van der Waals surface area contributed by atoms with Gasteiger partial charge in [-0.2, -0.15) is 4.98 Å². The van der Waals surface area contributed by atoms with E-state index in [4.69, 9.17) is 9.47 Å². The molecule has 29 heavy (non-hydrogen) atoms. The Morgan fingerprint density at radius 1 is 1.03 bits per heavy atom. The Labute approximate surface area is 169 Å². The smallest absolute Gasteiger partial charge is 0.229 e. The first-order valence-corrected chi connectivity index (χ1v) is 9.38. The maximum Gasteiger partial charge on any atom is 0.229 e. The molecule has 4 aromatic rings. The molecule has 7 heteroatoms. The zero-order valence-electron chi connectivity index (χ0n) is 16.4. The summed E-state index contributed by atoms with van der Waals surface area (Å²) in [5, 5.41) is 7.82. The Morgan fingerprint density at radius 3 is 2.79 bits per heavy atom. The Morgan fingerprint density at radius 2 is 1.93 bits per heavy atom. The van der Waals surface area contributed by atoms with Crippen molar-refractivity contribution in [3.8, 4) is 11.5 Å². The quantitative estimate of drug-likeness (QED) is 0.415. The molecule has 0 saturated heterocycles. The van der Waals surface area contributed by atoms with Crippen molar-refractivity contribution in [1.29, 1.82) is 0 Å². The SMILES string of the molecule is COc1ccc(Nc2nccc(NCCc3c[nH]c4ccccc34)n2)c(OC)c1. The molecule has 3 N–H and O–H groups in total. The Balaban J connectivity index is 1.41. The molecule has 148 valence electrons. The van der Waals surface area contributed by atoms with Crippen LogP contribution in [0.4, 0.5) is 17.5 Å². The van der Waals surface area contributed by atoms with Crippen LogP contribution in [0.15, 0.2) is 60.9 Å². The number of fused-ring (bicyclic) bond motifs is 1. The van der Waals surface area contributed by atoms with E-state index in [1.54, 1.807) is 20.4 Å². The van der Waals surface area contributed by atoms with Gasteiger partial charge in [-0.05, 0) is 36.2 Å². The van der Waals surface area contributed by atoms with E-state index in [9.17, 15) is 0 Å². The summed E-state index contributed by atoms with van der Waals surface area (Å²) in [5.74, 6) is 2.63. The standard InChI is InChI=1S/C22H23N5O2/c1-28-16-7-8-19(20(13-16)29-2)26-22-24-12-10-21(27-22)23-11-9-15-14-25-18-6-4-3-5-17(15)18/h3-8,10,12-14,25H,9,11H2,1-2H3,(H2,23,24,26,27). The van der Waals surface area contributed by atoms with Crippen molar-refractivity contribution in [3.63, 3.8) is 0 Å². The summed E-state index contributed by atoms with van der Waals surface area (Å²) in [4.78, 5) is 12.1. The number of rotatable bonds is 8. The minimum Gasteiger partial charge on any atom is -0.497 e. The first kappa shape index (κ1) is 18.6. The van der Waals surface area contributed by atoms with E-state index in [0.29, 0.717) is 11.7 Å². The number of H-pyrrole nitrogens is 1. The lowest BCUT2D eigenvalue weighted by Crippen LogP contribution is -2.08. The normalized spacial score (nSPS) is 10.7. The molecule has 0 fully saturated rings. The van der Waals surface area contributed by atoms with Gasteiger partial charge in [0.15, 0.2) is 0 Å². The summed E-state index contributed by atoms with van der Waals surface area (Å²) in [6.45, 7) is 0.768. The number of para-hydroxylation sites is 1. The van der Waals surface area contributed by atoms with Crippen molar-refractivity contribution in [2.24, 2.45) is 0 Å². The van der Waals surface area contributed by atoms with Gasteiger partial charge in [-0.25, -0.2) is 4.98 Å². The third kappa shape index (κ3) is 4.24. The van der Waals surface area contributed by atoms with Gasteiger partial charge < -0.3 is 25.1 Å². The fourth-order valence-electron chi connectivity index (χ4n) is 3.20. The summed E-state index contributed by atoms with van der Waals surface area (Å²) in [7, 11) is 3.24. The van der Waals surface area contributed by atoms with E-state index in [-0.39, 0.29) is 0 Å². The maximum atomic E-state index is 5.42. The third-order valence-corrected chi connectivity index (χ3v) is 4.69. The summed E-state index contributed by atoms with van der Waals surface area (Å²) in [6, 6.07) is 15.7. The second-order valence-electron chi connectivity index (χ2n) is 6.49. The van der Waals surface area contributed by atoms with Gasteiger partial charge in [0.25, 0.3) is 0 Å². The number of nitrogens with zero attached hydrogens (tertiary/aromatic N) is 2. The van der Waals surface area contributed by atoms with Gasteiger partial charge in [0.2, 0.25) is 5.95 Å². The highest BCUT2D eigenvalue weighted by atomic mass is 16.5. The van der Waals surface area contributed by atoms with Gasteiger partial charge in [0.05, 0.1) is 19.9 Å². The topological polar surface area (TPSA) is 84.1 Å². The van der Waals surface area contributed by atoms with Crippen LogP contribution in [-0.2, 0) is 6.42 Å². The van der Waals surface area contributed by atoms with Crippen LogP contribution in [0.25, 0.3) is 10.9 Å². The first-order valence-electron chi connectivity index (χ1n) is 9.38. The van der Waals surface area contributed by atoms with E-state index < -0.39 is 0 Å². The van der Waals surface area contributed by atoms with Crippen LogP contribution in [0.1, 0.15) is 5.56 Å². The molecule has 4 rings (SSSR count). The molecular weight excluding hydrogens is 366 g/mol. The van der Waals surface area contributed by atoms with Crippen molar-refractivity contribution in [2.45, 2.75) is 6.42 Å². The molecule has 0 aliphatic heterocycles. The summed E-state index contributed by atoms with van der Waals surface area (Å²) in [5.41, 5.74) is 3.21. The number of benzene rings is 2. The molecule has 0 aliphatic rings. The van der Waals surface area contributed by atoms with E-state index >= 15 is 0 Å². The number of ether oxygens (including phenoxy) is 2. The molecule has 0 bridgehead atoms. The highest BCUT2D eigenvalue weighted by Gasteiger charge is 2.08. The lowest BCUT2D eigenvalue weighted by atomic mass is 10.1. The third-order valence-electron chi connectivity index (χ3n) is 4.69. The molecule has 0 radical (unpaired) electrons. The lowest BCUT2D eigenvalue weighted by molar-refractivity contribution is 0.395. The van der Waals surface area contributed by atoms with Crippen LogP contribution in [0, 0.1) is 0 Å². The Kier molecular flexibility index (Phi) is 5.47. The fraction of sp³-hybridized carbons (Fsp3) is 0.182. The number of hydrogen-bond donors (Lipinski definition) is 3. The van der Waals surface area contributed by atoms with Crippen LogP contribution < -0.4 is 20.1 Å². The number of aromatic amines is 1. The minimum absolute atomic E-state index is 0.491. The molecule has 0 amide bonds. The van der Waals surface area contributed by atoms with Gasteiger partial charge >= 0.3 is 0 Å². The highest BCUT2D eigenvalue weighted by Crippen LogP contribution is 2.30. The van der Waals surface area contributed by atoms with E-state index in [0.717, 1.165) is 35.7 Å². The molecule has 0 unspecified atom stereocenters. The van der Waals surface area contributed by atoms with Gasteiger partial charge in [-0.1, -0.05) is 18.2 Å². The number of nitrogens with one attached hydrogen (secondary N) is 3. The summed E-state index contributed by atoms with van der Waals surface area (Å²) >= 11 is 0. The van der Waals surface area contributed by atoms with Crippen LogP contribution in [0.3, 0.4) is 0 Å². The predicted molar refractivity (Wildman–Crippen MR) is 115 cm³/mol. The van der Waals surface area contributed by atoms with Crippen molar-refractivity contribution in [2.75, 3.05) is 31.4 Å². The monoisotopic (exact) mass is 389 g/mol. The van der Waals surface area contributed by atoms with Crippen molar-refractivity contribution in [1.82, 2.24) is 15.0 Å². The van der Waals surface area contributed by atoms with Crippen LogP contribution in [0.5, 0.6) is 11.5 Å². The highest BCUT2D eigenvalue weighted by molar-refractivity contribution is 5.83. The molecule has 0 atom stereocenters.